The summed E-state index contributed by atoms with van der Waals surface area (Å²) in [6.45, 7) is 4.96. The first kappa shape index (κ1) is 22.0. The Hall–Kier alpha value is -3.29. The third-order valence-corrected chi connectivity index (χ3v) is 5.99. The lowest BCUT2D eigenvalue weighted by atomic mass is 10.1. The zero-order chi connectivity index (χ0) is 21.6. The quantitative estimate of drug-likeness (QED) is 0.732. The Morgan fingerprint density at radius 1 is 1.14 bits per heavy atom. The Labute approximate surface area is 170 Å². The van der Waals surface area contributed by atoms with Gasteiger partial charge in [0.2, 0.25) is 0 Å². The summed E-state index contributed by atoms with van der Waals surface area (Å²) in [5.41, 5.74) is 2.02. The maximum Gasteiger partial charge on any atom is 0.341 e. The fourth-order valence-electron chi connectivity index (χ4n) is 2.56. The molecule has 0 spiro atoms. The molecule has 0 amide bonds. The van der Waals surface area contributed by atoms with Crippen molar-refractivity contribution >= 4 is 15.8 Å². The number of carboxylic acids is 1. The van der Waals surface area contributed by atoms with Gasteiger partial charge in [0.1, 0.15) is 5.75 Å². The molecule has 1 N–H and O–H groups in total. The molecule has 0 aliphatic rings. The Morgan fingerprint density at radius 3 is 2.45 bits per heavy atom. The molecule has 2 rings (SSSR count). The van der Waals surface area contributed by atoms with Crippen molar-refractivity contribution in [3.8, 4) is 23.7 Å². The Kier molecular flexibility index (Phi) is 7.03. The molecule has 0 saturated carbocycles. The maximum atomic E-state index is 12.5. The van der Waals surface area contributed by atoms with Gasteiger partial charge in [-0.3, -0.25) is 0 Å². The van der Waals surface area contributed by atoms with Crippen molar-refractivity contribution in [2.24, 2.45) is 5.92 Å². The average molecular weight is 411 g/mol. The van der Waals surface area contributed by atoms with Gasteiger partial charge in [-0.15, -0.1) is 0 Å². The number of hydrogen-bond acceptors (Lipinski definition) is 5. The van der Waals surface area contributed by atoms with E-state index in [2.05, 4.69) is 11.8 Å². The van der Waals surface area contributed by atoms with E-state index in [9.17, 15) is 13.2 Å². The minimum Gasteiger partial charge on any atom is -0.481 e. The Balaban J connectivity index is 2.47. The van der Waals surface area contributed by atoms with Crippen molar-refractivity contribution in [3.63, 3.8) is 0 Å². The fraction of sp³-hybridized carbons (Fsp3) is 0.273. The maximum absolute atomic E-state index is 12.5. The number of rotatable bonds is 6. The van der Waals surface area contributed by atoms with Gasteiger partial charge >= 0.3 is 5.97 Å². The van der Waals surface area contributed by atoms with Gasteiger partial charge in [0.25, 0.3) is 0 Å². The monoisotopic (exact) mass is 411 g/mol. The molecule has 0 fully saturated rings. The molecule has 7 heteroatoms. The van der Waals surface area contributed by atoms with Gasteiger partial charge in [-0.2, -0.15) is 5.26 Å². The summed E-state index contributed by atoms with van der Waals surface area (Å²) >= 11 is 0. The van der Waals surface area contributed by atoms with Crippen molar-refractivity contribution < 1.29 is 23.1 Å². The second-order valence-corrected chi connectivity index (χ2v) is 8.94. The van der Waals surface area contributed by atoms with Gasteiger partial charge in [-0.05, 0) is 48.7 Å². The van der Waals surface area contributed by atoms with E-state index in [-0.39, 0.29) is 22.3 Å². The van der Waals surface area contributed by atoms with Crippen molar-refractivity contribution in [1.29, 1.82) is 5.26 Å². The van der Waals surface area contributed by atoms with E-state index in [0.29, 0.717) is 16.7 Å². The summed E-state index contributed by atoms with van der Waals surface area (Å²) in [5.74, 6) is 4.94. The van der Waals surface area contributed by atoms with E-state index in [1.54, 1.807) is 12.1 Å². The van der Waals surface area contributed by atoms with Crippen LogP contribution in [0.5, 0.6) is 5.75 Å². The number of ether oxygens (including phenoxy) is 1. The van der Waals surface area contributed by atoms with Crippen LogP contribution in [0.15, 0.2) is 41.3 Å². The average Bonchev–Trinajstić information content (AvgIpc) is 2.64. The number of sulfone groups is 1. The first-order chi connectivity index (χ1) is 13.6. The van der Waals surface area contributed by atoms with Crippen LogP contribution in [0.25, 0.3) is 0 Å². The zero-order valence-electron chi connectivity index (χ0n) is 16.4. The van der Waals surface area contributed by atoms with Crippen LogP contribution in [-0.2, 0) is 14.6 Å². The van der Waals surface area contributed by atoms with Crippen LogP contribution in [0, 0.1) is 36.0 Å². The van der Waals surface area contributed by atoms with Crippen molar-refractivity contribution in [2.75, 3.05) is 12.4 Å². The van der Waals surface area contributed by atoms with E-state index in [4.69, 9.17) is 15.1 Å². The standard InChI is InChI=1S/C22H21NO5S/c1-15(2)14-29(26,27)20-8-4-16(3)18(11-20)6-7-19-10-17(12-23)5-9-21(19)28-13-22(24)25/h4-5,8-11,15H,13-14H2,1-3H3,(H,24,25). The second-order valence-electron chi connectivity index (χ2n) is 6.91. The summed E-state index contributed by atoms with van der Waals surface area (Å²) in [7, 11) is -3.42. The van der Waals surface area contributed by atoms with Crippen LogP contribution < -0.4 is 4.74 Å². The van der Waals surface area contributed by atoms with E-state index in [1.807, 2.05) is 26.8 Å². The van der Waals surface area contributed by atoms with E-state index >= 15 is 0 Å². The Morgan fingerprint density at radius 2 is 1.83 bits per heavy atom. The highest BCUT2D eigenvalue weighted by atomic mass is 32.2. The van der Waals surface area contributed by atoms with E-state index in [0.717, 1.165) is 5.56 Å². The highest BCUT2D eigenvalue weighted by Crippen LogP contribution is 2.21. The number of nitriles is 1. The molecule has 0 atom stereocenters. The molecule has 0 unspecified atom stereocenters. The van der Waals surface area contributed by atoms with E-state index in [1.165, 1.54) is 24.3 Å². The van der Waals surface area contributed by atoms with Gasteiger partial charge in [0.05, 0.1) is 27.8 Å². The van der Waals surface area contributed by atoms with Crippen molar-refractivity contribution in [2.45, 2.75) is 25.7 Å². The number of carbonyl (C=O) groups is 1. The van der Waals surface area contributed by atoms with Crippen LogP contribution in [-0.4, -0.2) is 31.9 Å². The normalized spacial score (nSPS) is 10.7. The minimum absolute atomic E-state index is 0.00139. The van der Waals surface area contributed by atoms with Gasteiger partial charge < -0.3 is 9.84 Å². The van der Waals surface area contributed by atoms with E-state index < -0.39 is 22.4 Å². The second kappa shape index (κ2) is 9.27. The smallest absolute Gasteiger partial charge is 0.341 e. The lowest BCUT2D eigenvalue weighted by molar-refractivity contribution is -0.139. The minimum atomic E-state index is -3.42. The van der Waals surface area contributed by atoms with Gasteiger partial charge in [-0.1, -0.05) is 31.8 Å². The molecule has 0 aliphatic carbocycles. The molecule has 0 saturated heterocycles. The molecule has 150 valence electrons. The molecular formula is C22H21NO5S. The van der Waals surface area contributed by atoms with Gasteiger partial charge in [0, 0.05) is 5.56 Å². The molecule has 0 heterocycles. The summed E-state index contributed by atoms with van der Waals surface area (Å²) < 4.78 is 30.2. The molecule has 29 heavy (non-hydrogen) atoms. The van der Waals surface area contributed by atoms with Crippen LogP contribution in [0.3, 0.4) is 0 Å². The predicted molar refractivity (Wildman–Crippen MR) is 108 cm³/mol. The fourth-order valence-corrected chi connectivity index (χ4v) is 4.20. The molecule has 0 aromatic heterocycles. The lowest BCUT2D eigenvalue weighted by Crippen LogP contribution is -2.12. The first-order valence-electron chi connectivity index (χ1n) is 8.86. The van der Waals surface area contributed by atoms with Gasteiger partial charge in [-0.25, -0.2) is 13.2 Å². The molecular weight excluding hydrogens is 390 g/mol. The highest BCUT2D eigenvalue weighted by molar-refractivity contribution is 7.91. The number of benzene rings is 2. The third-order valence-electron chi connectivity index (χ3n) is 3.91. The van der Waals surface area contributed by atoms with Crippen LogP contribution in [0.4, 0.5) is 0 Å². The number of hydrogen-bond donors (Lipinski definition) is 1. The molecule has 6 nitrogen and oxygen atoms in total. The largest absolute Gasteiger partial charge is 0.481 e. The van der Waals surface area contributed by atoms with Gasteiger partial charge in [0.15, 0.2) is 16.4 Å². The van der Waals surface area contributed by atoms with Crippen molar-refractivity contribution in [1.82, 2.24) is 0 Å². The third kappa shape index (κ3) is 6.10. The number of nitrogens with zero attached hydrogens (tertiary/aromatic N) is 1. The summed E-state index contributed by atoms with van der Waals surface area (Å²) in [6, 6.07) is 11.3. The van der Waals surface area contributed by atoms with Crippen LogP contribution in [0.2, 0.25) is 0 Å². The topological polar surface area (TPSA) is 104 Å². The zero-order valence-corrected chi connectivity index (χ0v) is 17.2. The number of aliphatic carboxylic acids is 1. The predicted octanol–water partition coefficient (Wildman–Crippen LogP) is 3.16. The molecule has 0 aliphatic heterocycles. The Bertz CT molecular complexity index is 1130. The summed E-state index contributed by atoms with van der Waals surface area (Å²) in [6.07, 6.45) is 0. The highest BCUT2D eigenvalue weighted by Gasteiger charge is 2.17. The first-order valence-corrected chi connectivity index (χ1v) is 10.5. The number of carboxylic acid groups (broad SMARTS) is 1. The summed E-state index contributed by atoms with van der Waals surface area (Å²) in [4.78, 5) is 11.0. The van der Waals surface area contributed by atoms with Crippen LogP contribution in [0.1, 0.15) is 36.1 Å². The lowest BCUT2D eigenvalue weighted by Gasteiger charge is -2.09. The van der Waals surface area contributed by atoms with Crippen LogP contribution >= 0.6 is 0 Å². The summed E-state index contributed by atoms with van der Waals surface area (Å²) in [5, 5.41) is 17.9. The van der Waals surface area contributed by atoms with Crippen molar-refractivity contribution in [3.05, 3.63) is 58.7 Å². The molecule has 0 radical (unpaired) electrons. The molecule has 2 aromatic carbocycles. The SMILES string of the molecule is Cc1ccc(S(=O)(=O)CC(C)C)cc1C#Cc1cc(C#N)ccc1OCC(=O)O. The molecule has 2 aromatic rings. The number of aryl methyl sites for hydroxylation is 1. The molecule has 0 bridgehead atoms.